The molecule has 0 spiro atoms. The number of esters is 1. The largest absolute Gasteiger partial charge is 0.469 e. The van der Waals surface area contributed by atoms with Crippen molar-refractivity contribution >= 4 is 28.6 Å². The van der Waals surface area contributed by atoms with Gasteiger partial charge in [-0.05, 0) is 22.6 Å². The van der Waals surface area contributed by atoms with Crippen LogP contribution in [0.4, 0.5) is 13.2 Å². The van der Waals surface area contributed by atoms with Gasteiger partial charge in [-0.1, -0.05) is 0 Å². The Bertz CT molecular complexity index is 412. The van der Waals surface area contributed by atoms with Crippen LogP contribution in [0.25, 0.3) is 0 Å². The minimum Gasteiger partial charge on any atom is -0.469 e. The molecule has 1 aromatic rings. The number of hydrogen-bond acceptors (Lipinski definition) is 3. The molecule has 7 heteroatoms. The molecule has 0 aliphatic carbocycles. The van der Waals surface area contributed by atoms with E-state index in [9.17, 15) is 18.0 Å². The van der Waals surface area contributed by atoms with Gasteiger partial charge in [0.25, 0.3) is 6.43 Å². The number of hydrogen-bond donors (Lipinski definition) is 0. The second kappa shape index (κ2) is 5.46. The molecule has 1 heterocycles. The Kier molecular flexibility index (Phi) is 4.51. The Hall–Kier alpha value is -0.860. The second-order valence-corrected chi connectivity index (χ2v) is 4.00. The summed E-state index contributed by atoms with van der Waals surface area (Å²) in [5, 5.41) is 0. The monoisotopic (exact) mass is 345 g/mol. The number of carbonyl (C=O) groups is 1. The summed E-state index contributed by atoms with van der Waals surface area (Å²) in [6, 6.07) is 0. The van der Waals surface area contributed by atoms with Gasteiger partial charge in [-0.25, -0.2) is 13.2 Å². The van der Waals surface area contributed by atoms with Gasteiger partial charge >= 0.3 is 5.97 Å². The average molecular weight is 345 g/mol. The smallest absolute Gasteiger partial charge is 0.311 e. The summed E-state index contributed by atoms with van der Waals surface area (Å²) >= 11 is 1.56. The Balaban J connectivity index is 3.18. The number of pyridine rings is 1. The quantitative estimate of drug-likeness (QED) is 0.624. The molecule has 0 unspecified atom stereocenters. The Morgan fingerprint density at radius 1 is 1.62 bits per heavy atom. The Labute approximate surface area is 103 Å². The van der Waals surface area contributed by atoms with E-state index in [0.29, 0.717) is 0 Å². The minimum atomic E-state index is -3.01. The van der Waals surface area contributed by atoms with Crippen LogP contribution in [-0.4, -0.2) is 18.1 Å². The van der Waals surface area contributed by atoms with E-state index in [4.69, 9.17) is 0 Å². The van der Waals surface area contributed by atoms with Crippen molar-refractivity contribution in [2.24, 2.45) is 0 Å². The van der Waals surface area contributed by atoms with Crippen molar-refractivity contribution in [2.45, 2.75) is 12.8 Å². The van der Waals surface area contributed by atoms with Gasteiger partial charge in [-0.3, -0.25) is 9.78 Å². The molecule has 0 saturated heterocycles. The maximum Gasteiger partial charge on any atom is 0.311 e. The van der Waals surface area contributed by atoms with E-state index in [1.807, 2.05) is 0 Å². The average Bonchev–Trinajstić information content (AvgIpc) is 2.23. The van der Waals surface area contributed by atoms with E-state index < -0.39 is 30.2 Å². The van der Waals surface area contributed by atoms with Crippen LogP contribution >= 0.6 is 22.6 Å². The van der Waals surface area contributed by atoms with Crippen LogP contribution in [0.1, 0.15) is 17.7 Å². The van der Waals surface area contributed by atoms with Crippen molar-refractivity contribution in [3.63, 3.8) is 0 Å². The zero-order chi connectivity index (χ0) is 12.3. The number of alkyl halides is 2. The molecule has 0 aliphatic heterocycles. The lowest BCUT2D eigenvalue weighted by Gasteiger charge is -2.09. The zero-order valence-electron chi connectivity index (χ0n) is 8.14. The first-order valence-corrected chi connectivity index (χ1v) is 5.23. The molecule has 0 aromatic carbocycles. The fourth-order valence-corrected chi connectivity index (χ4v) is 1.52. The maximum atomic E-state index is 13.4. The van der Waals surface area contributed by atoms with Crippen molar-refractivity contribution < 1.29 is 22.7 Å². The Morgan fingerprint density at radius 2 is 2.25 bits per heavy atom. The van der Waals surface area contributed by atoms with E-state index in [-0.39, 0.29) is 9.26 Å². The third kappa shape index (κ3) is 2.83. The lowest BCUT2D eigenvalue weighted by atomic mass is 10.1. The van der Waals surface area contributed by atoms with Crippen molar-refractivity contribution in [3.05, 3.63) is 26.8 Å². The van der Waals surface area contributed by atoms with Crippen molar-refractivity contribution in [1.29, 1.82) is 0 Å². The third-order valence-corrected chi connectivity index (χ3v) is 2.60. The summed E-state index contributed by atoms with van der Waals surface area (Å²) in [6.45, 7) is 0. The standard InChI is InChI=1S/C9H7F3INO2/c1-16-6(15)2-5-7(9(11)12)8(10)4(13)3-14-5/h3,9H,2H2,1H3. The van der Waals surface area contributed by atoms with Gasteiger partial charge in [0.1, 0.15) is 5.82 Å². The van der Waals surface area contributed by atoms with Crippen molar-refractivity contribution in [1.82, 2.24) is 4.98 Å². The Morgan fingerprint density at radius 3 is 2.75 bits per heavy atom. The van der Waals surface area contributed by atoms with E-state index in [0.717, 1.165) is 13.3 Å². The summed E-state index contributed by atoms with van der Waals surface area (Å²) in [4.78, 5) is 14.5. The molecule has 0 bridgehead atoms. The number of nitrogens with zero attached hydrogens (tertiary/aromatic N) is 1. The van der Waals surface area contributed by atoms with E-state index in [1.54, 1.807) is 22.6 Å². The maximum absolute atomic E-state index is 13.4. The van der Waals surface area contributed by atoms with Crippen LogP contribution in [0.3, 0.4) is 0 Å². The molecule has 0 radical (unpaired) electrons. The van der Waals surface area contributed by atoms with E-state index in [2.05, 4.69) is 9.72 Å². The number of rotatable bonds is 3. The third-order valence-electron chi connectivity index (χ3n) is 1.85. The number of ether oxygens (including phenoxy) is 1. The van der Waals surface area contributed by atoms with Crippen LogP contribution in [-0.2, 0) is 16.0 Å². The zero-order valence-corrected chi connectivity index (χ0v) is 10.3. The molecule has 0 N–H and O–H groups in total. The highest BCUT2D eigenvalue weighted by Gasteiger charge is 2.23. The normalized spacial score (nSPS) is 10.6. The lowest BCUT2D eigenvalue weighted by Crippen LogP contribution is -2.11. The van der Waals surface area contributed by atoms with Gasteiger partial charge in [-0.15, -0.1) is 0 Å². The summed E-state index contributed by atoms with van der Waals surface area (Å²) < 4.78 is 42.9. The summed E-state index contributed by atoms with van der Waals surface area (Å²) in [6.07, 6.45) is -2.38. The molecule has 0 aliphatic rings. The minimum absolute atomic E-state index is 0.0125. The fraction of sp³-hybridized carbons (Fsp3) is 0.333. The topological polar surface area (TPSA) is 39.2 Å². The lowest BCUT2D eigenvalue weighted by molar-refractivity contribution is -0.139. The van der Waals surface area contributed by atoms with E-state index in [1.165, 1.54) is 0 Å². The van der Waals surface area contributed by atoms with Crippen molar-refractivity contribution in [2.75, 3.05) is 7.11 Å². The van der Waals surface area contributed by atoms with Crippen LogP contribution in [0, 0.1) is 9.39 Å². The van der Waals surface area contributed by atoms with Crippen LogP contribution in [0.2, 0.25) is 0 Å². The van der Waals surface area contributed by atoms with Crippen molar-refractivity contribution in [3.8, 4) is 0 Å². The highest BCUT2D eigenvalue weighted by Crippen LogP contribution is 2.27. The summed E-state index contributed by atoms with van der Waals surface area (Å²) in [5.74, 6) is -1.78. The molecule has 0 atom stereocenters. The molecular weight excluding hydrogens is 338 g/mol. The molecular formula is C9H7F3INO2. The van der Waals surface area contributed by atoms with Crippen LogP contribution in [0.5, 0.6) is 0 Å². The van der Waals surface area contributed by atoms with Gasteiger partial charge in [-0.2, -0.15) is 0 Å². The first-order chi connectivity index (χ1) is 7.47. The highest BCUT2D eigenvalue weighted by molar-refractivity contribution is 14.1. The molecule has 0 amide bonds. The number of methoxy groups -OCH3 is 1. The predicted molar refractivity (Wildman–Crippen MR) is 57.6 cm³/mol. The second-order valence-electron chi connectivity index (χ2n) is 2.83. The molecule has 3 nitrogen and oxygen atoms in total. The van der Waals surface area contributed by atoms with Gasteiger partial charge in [0.15, 0.2) is 0 Å². The number of carbonyl (C=O) groups excluding carboxylic acids is 1. The van der Waals surface area contributed by atoms with Gasteiger partial charge in [0.2, 0.25) is 0 Å². The van der Waals surface area contributed by atoms with E-state index >= 15 is 0 Å². The summed E-state index contributed by atoms with van der Waals surface area (Å²) in [5.41, 5.74) is -1.13. The molecule has 1 rings (SSSR count). The molecule has 1 aromatic heterocycles. The predicted octanol–water partition coefficient (Wildman–Crippen LogP) is 2.48. The molecule has 88 valence electrons. The van der Waals surface area contributed by atoms with Crippen LogP contribution in [0.15, 0.2) is 6.20 Å². The van der Waals surface area contributed by atoms with Crippen LogP contribution < -0.4 is 0 Å². The SMILES string of the molecule is COC(=O)Cc1ncc(I)c(F)c1C(F)F. The summed E-state index contributed by atoms with van der Waals surface area (Å²) in [7, 11) is 1.12. The molecule has 16 heavy (non-hydrogen) atoms. The molecule has 0 fully saturated rings. The number of halogens is 4. The van der Waals surface area contributed by atoms with Gasteiger partial charge in [0.05, 0.1) is 28.4 Å². The first kappa shape index (κ1) is 13.2. The highest BCUT2D eigenvalue weighted by atomic mass is 127. The first-order valence-electron chi connectivity index (χ1n) is 4.15. The number of aromatic nitrogens is 1. The fourth-order valence-electron chi connectivity index (χ4n) is 1.09. The molecule has 0 saturated carbocycles. The van der Waals surface area contributed by atoms with Gasteiger partial charge < -0.3 is 4.74 Å². The van der Waals surface area contributed by atoms with Gasteiger partial charge in [0, 0.05) is 6.20 Å².